The molecule has 0 N–H and O–H groups in total. The minimum absolute atomic E-state index is 0.0743. The van der Waals surface area contributed by atoms with E-state index in [0.29, 0.717) is 5.56 Å². The predicted molar refractivity (Wildman–Crippen MR) is 331 cm³/mol. The third-order valence-corrected chi connectivity index (χ3v) is 14.9. The summed E-state index contributed by atoms with van der Waals surface area (Å²) in [7, 11) is 1.52. The maximum absolute atomic E-state index is 14.7. The van der Waals surface area contributed by atoms with Gasteiger partial charge < -0.3 is 56.8 Å². The lowest BCUT2D eigenvalue weighted by Crippen LogP contribution is -2.63. The summed E-state index contributed by atoms with van der Waals surface area (Å²) in [5.74, 6) is 1.95. The highest BCUT2D eigenvalue weighted by Crippen LogP contribution is 2.34. The van der Waals surface area contributed by atoms with Crippen LogP contribution in [0.1, 0.15) is 76.5 Å². The normalized spacial score (nSPS) is 21.3. The molecule has 2 saturated heterocycles. The SMILES string of the molecule is CO[C@H]1O[C@H](COC(C#Cc2ccccc2)CCC(=O)O[C@@H]2O[C@H](COC(=O)c3ccccc3)[C@@H](OC(=O)c3ccccc3)[C@H](OC(=O)c3ccccc3)[C@@H]2OC(=O)c2ccccc2)[C@@H](OCc2ccccc2)[C@H](OCc2ccccc2)[C@H]1OCc1ccccc1. The van der Waals surface area contributed by atoms with Gasteiger partial charge in [-0.1, -0.05) is 194 Å². The van der Waals surface area contributed by atoms with Gasteiger partial charge in [0.15, 0.2) is 18.5 Å². The van der Waals surface area contributed by atoms with Gasteiger partial charge in [0.2, 0.25) is 12.4 Å². The van der Waals surface area contributed by atoms with Gasteiger partial charge in [0, 0.05) is 19.1 Å². The first-order valence-electron chi connectivity index (χ1n) is 29.8. The van der Waals surface area contributed by atoms with Crippen molar-refractivity contribution in [2.45, 2.75) is 100 Å². The van der Waals surface area contributed by atoms with Gasteiger partial charge in [-0.2, -0.15) is 0 Å². The molecule has 91 heavy (non-hydrogen) atoms. The van der Waals surface area contributed by atoms with Crippen molar-refractivity contribution >= 4 is 29.8 Å². The molecule has 0 spiro atoms. The Balaban J connectivity index is 0.951. The van der Waals surface area contributed by atoms with E-state index in [0.717, 1.165) is 16.7 Å². The van der Waals surface area contributed by atoms with Gasteiger partial charge >= 0.3 is 29.8 Å². The molecule has 8 aromatic rings. The zero-order valence-electron chi connectivity index (χ0n) is 49.8. The molecule has 466 valence electrons. The second-order valence-electron chi connectivity index (χ2n) is 21.3. The predicted octanol–water partition coefficient (Wildman–Crippen LogP) is 11.1. The highest BCUT2D eigenvalue weighted by atomic mass is 16.8. The first-order chi connectivity index (χ1) is 44.6. The van der Waals surface area contributed by atoms with E-state index in [1.807, 2.05) is 121 Å². The molecule has 10 rings (SSSR count). The van der Waals surface area contributed by atoms with Crippen LogP contribution in [0.3, 0.4) is 0 Å². The van der Waals surface area contributed by atoms with Crippen molar-refractivity contribution in [1.82, 2.24) is 0 Å². The standard InChI is InChI=1S/C74H68O17/c1-80-73-67(84-48-54-32-16-5-17-33-54)65(83-47-53-30-14-4-15-31-53)63(82-46-52-28-12-3-13-29-52)60(86-73)49-81-59(43-42-51-26-10-2-11-27-51)44-45-62(75)88-74-68(91-72(79)58-40-24-9-25-41-58)66(90-71(78)57-38-22-8-23-39-57)64(89-70(77)56-36-20-7-21-37-56)61(87-74)50-85-69(76)55-34-18-6-19-35-55/h2-41,59-61,63-68,73-74H,44-50H2,1H3/t59?,60-,61-,63-,64-,65+,66+,67-,68+,73+,74+/m1/s1. The van der Waals surface area contributed by atoms with Crippen LogP contribution < -0.4 is 0 Å². The maximum atomic E-state index is 14.7. The van der Waals surface area contributed by atoms with E-state index < -0.39 is 104 Å². The molecule has 2 heterocycles. The Kier molecular flexibility index (Phi) is 23.5. The number of carbonyl (C=O) groups excluding carboxylic acids is 5. The van der Waals surface area contributed by atoms with E-state index >= 15 is 0 Å². The lowest BCUT2D eigenvalue weighted by Gasteiger charge is -2.45. The highest BCUT2D eigenvalue weighted by molar-refractivity contribution is 5.91. The second-order valence-corrected chi connectivity index (χ2v) is 21.3. The topological polar surface area (TPSA) is 196 Å². The van der Waals surface area contributed by atoms with Crippen molar-refractivity contribution in [2.24, 2.45) is 0 Å². The van der Waals surface area contributed by atoms with Crippen molar-refractivity contribution in [3.63, 3.8) is 0 Å². The lowest BCUT2D eigenvalue weighted by atomic mass is 9.97. The Morgan fingerprint density at radius 1 is 0.396 bits per heavy atom. The maximum Gasteiger partial charge on any atom is 0.338 e. The average Bonchev–Trinajstić information content (AvgIpc) is 0.960. The van der Waals surface area contributed by atoms with Crippen LogP contribution in [-0.2, 0) is 81.5 Å². The first-order valence-corrected chi connectivity index (χ1v) is 29.8. The number of carbonyl (C=O) groups is 5. The molecular weight excluding hydrogens is 1160 g/mol. The number of esters is 5. The quantitative estimate of drug-likeness (QED) is 0.0282. The van der Waals surface area contributed by atoms with Crippen LogP contribution in [0.2, 0.25) is 0 Å². The molecule has 2 aliphatic heterocycles. The average molecular weight is 1230 g/mol. The Labute approximate surface area is 527 Å². The van der Waals surface area contributed by atoms with Crippen LogP contribution in [0.25, 0.3) is 0 Å². The second kappa shape index (κ2) is 33.3. The summed E-state index contributed by atoms with van der Waals surface area (Å²) in [5.41, 5.74) is 3.84. The van der Waals surface area contributed by atoms with E-state index in [1.165, 1.54) is 43.5 Å². The van der Waals surface area contributed by atoms with Crippen molar-refractivity contribution in [3.05, 3.63) is 287 Å². The molecule has 0 saturated carbocycles. The van der Waals surface area contributed by atoms with Crippen LogP contribution in [-0.4, -0.2) is 118 Å². The molecule has 1 unspecified atom stereocenters. The van der Waals surface area contributed by atoms with Crippen LogP contribution in [0.15, 0.2) is 243 Å². The van der Waals surface area contributed by atoms with E-state index in [9.17, 15) is 24.0 Å². The largest absolute Gasteiger partial charge is 0.459 e. The molecule has 0 aromatic heterocycles. The fourth-order valence-electron chi connectivity index (χ4n) is 10.2. The van der Waals surface area contributed by atoms with Crippen LogP contribution >= 0.6 is 0 Å². The van der Waals surface area contributed by atoms with Gasteiger partial charge in [-0.05, 0) is 83.8 Å². The fourth-order valence-corrected chi connectivity index (χ4v) is 10.2. The van der Waals surface area contributed by atoms with Gasteiger partial charge in [-0.25, -0.2) is 19.2 Å². The summed E-state index contributed by atoms with van der Waals surface area (Å²) in [6.45, 7) is -0.202. The molecule has 2 aliphatic rings. The zero-order valence-corrected chi connectivity index (χ0v) is 49.8. The highest BCUT2D eigenvalue weighted by Gasteiger charge is 2.55. The Bertz CT molecular complexity index is 3610. The van der Waals surface area contributed by atoms with Gasteiger partial charge in [0.1, 0.15) is 43.2 Å². The zero-order chi connectivity index (χ0) is 63.0. The summed E-state index contributed by atoms with van der Waals surface area (Å²) in [6, 6.07) is 70.3. The minimum atomic E-state index is -1.90. The molecule has 0 bridgehead atoms. The van der Waals surface area contributed by atoms with E-state index in [-0.39, 0.29) is 61.5 Å². The van der Waals surface area contributed by atoms with E-state index in [2.05, 4.69) is 11.8 Å². The molecule has 0 radical (unpaired) electrons. The van der Waals surface area contributed by atoms with Crippen molar-refractivity contribution < 1.29 is 80.8 Å². The number of benzene rings is 8. The van der Waals surface area contributed by atoms with Crippen molar-refractivity contribution in [2.75, 3.05) is 20.3 Å². The smallest absolute Gasteiger partial charge is 0.338 e. The molecule has 0 aliphatic carbocycles. The molecule has 8 aromatic carbocycles. The van der Waals surface area contributed by atoms with Gasteiger partial charge in [-0.3, -0.25) is 4.79 Å². The number of methoxy groups -OCH3 is 1. The Hall–Kier alpha value is -9.61. The van der Waals surface area contributed by atoms with E-state index in [1.54, 1.807) is 84.9 Å². The molecule has 2 fully saturated rings. The number of hydrogen-bond donors (Lipinski definition) is 0. The molecule has 17 heteroatoms. The first kappa shape index (κ1) is 64.4. The third-order valence-electron chi connectivity index (χ3n) is 14.9. The summed E-state index contributed by atoms with van der Waals surface area (Å²) < 4.78 is 76.9. The van der Waals surface area contributed by atoms with E-state index in [4.69, 9.17) is 56.8 Å². The van der Waals surface area contributed by atoms with Gasteiger partial charge in [0.05, 0.1) is 48.7 Å². The molecule has 11 atom stereocenters. The summed E-state index contributed by atoms with van der Waals surface area (Å²) in [6.07, 6.45) is -14.4. The fraction of sp³-hybridized carbons (Fsp3) is 0.257. The summed E-state index contributed by atoms with van der Waals surface area (Å²) in [4.78, 5) is 71.0. The molecular formula is C74H68O17. The Morgan fingerprint density at radius 2 is 0.780 bits per heavy atom. The third kappa shape index (κ3) is 18.5. The molecule has 17 nitrogen and oxygen atoms in total. The number of ether oxygens (including phenoxy) is 12. The monoisotopic (exact) mass is 1230 g/mol. The number of rotatable bonds is 26. The van der Waals surface area contributed by atoms with Crippen LogP contribution in [0.4, 0.5) is 0 Å². The minimum Gasteiger partial charge on any atom is -0.459 e. The van der Waals surface area contributed by atoms with Gasteiger partial charge in [0.25, 0.3) is 0 Å². The summed E-state index contributed by atoms with van der Waals surface area (Å²) >= 11 is 0. The van der Waals surface area contributed by atoms with Crippen LogP contribution in [0, 0.1) is 11.8 Å². The summed E-state index contributed by atoms with van der Waals surface area (Å²) in [5, 5.41) is 0. The van der Waals surface area contributed by atoms with Crippen molar-refractivity contribution in [3.8, 4) is 11.8 Å². The Morgan fingerprint density at radius 3 is 1.25 bits per heavy atom. The lowest BCUT2D eigenvalue weighted by molar-refractivity contribution is -0.323. The van der Waals surface area contributed by atoms with Crippen molar-refractivity contribution in [1.29, 1.82) is 0 Å². The van der Waals surface area contributed by atoms with Gasteiger partial charge in [-0.15, -0.1) is 0 Å². The number of hydrogen-bond acceptors (Lipinski definition) is 17. The molecule has 0 amide bonds. The van der Waals surface area contributed by atoms with Crippen LogP contribution in [0.5, 0.6) is 0 Å².